The molecule has 0 aliphatic rings. The average molecular weight is 515 g/mol. The van der Waals surface area contributed by atoms with Crippen molar-refractivity contribution in [2.24, 2.45) is 0 Å². The van der Waals surface area contributed by atoms with Crippen LogP contribution in [-0.4, -0.2) is 16.8 Å². The summed E-state index contributed by atoms with van der Waals surface area (Å²) in [6, 6.07) is 13.0. The largest absolute Gasteiger partial charge is 0.467 e. The Morgan fingerprint density at radius 2 is 1.86 bits per heavy atom. The van der Waals surface area contributed by atoms with Gasteiger partial charge in [0.25, 0.3) is 11.8 Å². The van der Waals surface area contributed by atoms with Crippen molar-refractivity contribution in [1.29, 1.82) is 0 Å². The number of hydrogen-bond donors (Lipinski definition) is 3. The van der Waals surface area contributed by atoms with Gasteiger partial charge in [-0.25, -0.2) is 4.98 Å². The number of nitrogens with two attached hydrogens (primary N) is 1. The number of amides is 2. The average Bonchev–Trinajstić information content (AvgIpc) is 3.59. The predicted octanol–water partition coefficient (Wildman–Crippen LogP) is 6.15. The second-order valence-electron chi connectivity index (χ2n) is 8.92. The molecule has 37 heavy (non-hydrogen) atoms. The van der Waals surface area contributed by atoms with Crippen LogP contribution in [0.15, 0.2) is 57.6 Å². The first-order chi connectivity index (χ1) is 17.7. The molecule has 4 aromatic heterocycles. The van der Waals surface area contributed by atoms with E-state index in [9.17, 15) is 9.59 Å². The van der Waals surface area contributed by atoms with E-state index < -0.39 is 0 Å². The Hall–Kier alpha value is -4.37. The summed E-state index contributed by atoms with van der Waals surface area (Å²) in [7, 11) is 0. The number of aromatic nitrogens is 1. The van der Waals surface area contributed by atoms with Crippen LogP contribution in [0.5, 0.6) is 0 Å². The van der Waals surface area contributed by atoms with Gasteiger partial charge < -0.3 is 25.2 Å². The molecule has 0 aliphatic heterocycles. The highest BCUT2D eigenvalue weighted by Crippen LogP contribution is 2.42. The van der Waals surface area contributed by atoms with E-state index in [2.05, 4.69) is 15.6 Å². The lowest BCUT2D eigenvalue weighted by molar-refractivity contribution is 0.0952. The number of carbonyl (C=O) groups is 2. The standard InChI is InChI=1S/C28H26N4O4S/c1-14-7-9-19(15(2)12-14)32-26(33)21-17(4)31-28-23(22(21)20-10-8-16(3)36-20)24(29)25(37-28)27(34)30-13-18-6-5-11-35-18/h5-12H,13,29H2,1-4H3,(H,30,34)(H,32,33). The summed E-state index contributed by atoms with van der Waals surface area (Å²) in [6.07, 6.45) is 1.55. The van der Waals surface area contributed by atoms with Gasteiger partial charge >= 0.3 is 0 Å². The number of nitrogens with one attached hydrogen (secondary N) is 2. The number of benzene rings is 1. The molecule has 0 aliphatic carbocycles. The zero-order valence-corrected chi connectivity index (χ0v) is 21.7. The fourth-order valence-corrected chi connectivity index (χ4v) is 5.39. The molecular weight excluding hydrogens is 488 g/mol. The number of rotatable bonds is 6. The molecule has 188 valence electrons. The van der Waals surface area contributed by atoms with Crippen molar-refractivity contribution >= 4 is 44.7 Å². The van der Waals surface area contributed by atoms with Crippen LogP contribution in [0.1, 0.15) is 48.4 Å². The Balaban J connectivity index is 1.62. The summed E-state index contributed by atoms with van der Waals surface area (Å²) in [5.74, 6) is 1.10. The molecule has 4 N–H and O–H groups in total. The molecule has 1 aromatic carbocycles. The number of pyridine rings is 1. The van der Waals surface area contributed by atoms with Crippen molar-refractivity contribution in [1.82, 2.24) is 10.3 Å². The minimum absolute atomic E-state index is 0.222. The molecule has 8 nitrogen and oxygen atoms in total. The maximum atomic E-state index is 13.7. The zero-order chi connectivity index (χ0) is 26.3. The molecule has 0 radical (unpaired) electrons. The highest BCUT2D eigenvalue weighted by molar-refractivity contribution is 7.21. The number of furan rings is 2. The predicted molar refractivity (Wildman–Crippen MR) is 145 cm³/mol. The molecule has 0 bridgehead atoms. The van der Waals surface area contributed by atoms with E-state index in [1.807, 2.05) is 45.0 Å². The molecule has 0 fully saturated rings. The van der Waals surface area contributed by atoms with Crippen LogP contribution in [0.4, 0.5) is 11.4 Å². The van der Waals surface area contributed by atoms with Crippen molar-refractivity contribution in [3.63, 3.8) is 0 Å². The van der Waals surface area contributed by atoms with E-state index >= 15 is 0 Å². The van der Waals surface area contributed by atoms with Gasteiger partial charge in [0.2, 0.25) is 0 Å². The quantitative estimate of drug-likeness (QED) is 0.250. The Labute approximate surface area is 217 Å². The molecule has 0 saturated heterocycles. The van der Waals surface area contributed by atoms with E-state index in [0.29, 0.717) is 54.9 Å². The molecule has 4 heterocycles. The van der Waals surface area contributed by atoms with Gasteiger partial charge in [0.15, 0.2) is 0 Å². The van der Waals surface area contributed by atoms with Gasteiger partial charge in [0, 0.05) is 16.6 Å². The number of fused-ring (bicyclic) bond motifs is 1. The fraction of sp³-hybridized carbons (Fsp3) is 0.179. The summed E-state index contributed by atoms with van der Waals surface area (Å²) in [5, 5.41) is 6.36. The fourth-order valence-electron chi connectivity index (χ4n) is 4.33. The summed E-state index contributed by atoms with van der Waals surface area (Å²) >= 11 is 1.18. The monoisotopic (exact) mass is 514 g/mol. The molecule has 2 amide bonds. The lowest BCUT2D eigenvalue weighted by Crippen LogP contribution is -2.22. The minimum Gasteiger partial charge on any atom is -0.467 e. The first kappa shape index (κ1) is 24.3. The number of thiophene rings is 1. The molecule has 9 heteroatoms. The SMILES string of the molecule is Cc1ccc(NC(=O)c2c(C)nc3sc(C(=O)NCc4ccco4)c(N)c3c2-c2ccc(C)o2)c(C)c1. The summed E-state index contributed by atoms with van der Waals surface area (Å²) in [5.41, 5.74) is 10.9. The third-order valence-electron chi connectivity index (χ3n) is 6.11. The number of carbonyl (C=O) groups excluding carboxylic acids is 2. The van der Waals surface area contributed by atoms with Crippen molar-refractivity contribution < 1.29 is 18.4 Å². The molecule has 0 saturated carbocycles. The zero-order valence-electron chi connectivity index (χ0n) is 20.9. The molecule has 0 unspecified atom stereocenters. The normalized spacial score (nSPS) is 11.1. The van der Waals surface area contributed by atoms with E-state index in [4.69, 9.17) is 14.6 Å². The summed E-state index contributed by atoms with van der Waals surface area (Å²) in [4.78, 5) is 32.3. The van der Waals surface area contributed by atoms with Crippen LogP contribution in [-0.2, 0) is 6.54 Å². The molecular formula is C28H26N4O4S. The van der Waals surface area contributed by atoms with Crippen LogP contribution in [0.3, 0.4) is 0 Å². The third kappa shape index (κ3) is 4.61. The van der Waals surface area contributed by atoms with Crippen molar-refractivity contribution in [2.45, 2.75) is 34.2 Å². The van der Waals surface area contributed by atoms with Crippen LogP contribution in [0, 0.1) is 27.7 Å². The van der Waals surface area contributed by atoms with Gasteiger partial charge in [-0.05, 0) is 63.6 Å². The maximum Gasteiger partial charge on any atom is 0.263 e. The van der Waals surface area contributed by atoms with Gasteiger partial charge in [-0.2, -0.15) is 0 Å². The lowest BCUT2D eigenvalue weighted by atomic mass is 9.99. The topological polar surface area (TPSA) is 123 Å². The van der Waals surface area contributed by atoms with Crippen LogP contribution in [0.25, 0.3) is 21.5 Å². The van der Waals surface area contributed by atoms with Crippen LogP contribution < -0.4 is 16.4 Å². The molecule has 5 rings (SSSR count). The van der Waals surface area contributed by atoms with Gasteiger partial charge in [0.1, 0.15) is 27.0 Å². The molecule has 5 aromatic rings. The van der Waals surface area contributed by atoms with E-state index in [1.54, 1.807) is 31.4 Å². The van der Waals surface area contributed by atoms with Gasteiger partial charge in [-0.15, -0.1) is 11.3 Å². The number of anilines is 2. The third-order valence-corrected chi connectivity index (χ3v) is 7.21. The number of nitrogen functional groups attached to an aromatic ring is 1. The van der Waals surface area contributed by atoms with Crippen LogP contribution >= 0.6 is 11.3 Å². The minimum atomic E-state index is -0.350. The van der Waals surface area contributed by atoms with E-state index in [-0.39, 0.29) is 24.0 Å². The lowest BCUT2D eigenvalue weighted by Gasteiger charge is -2.14. The Morgan fingerprint density at radius 3 is 2.54 bits per heavy atom. The summed E-state index contributed by atoms with van der Waals surface area (Å²) in [6.45, 7) is 7.76. The highest BCUT2D eigenvalue weighted by Gasteiger charge is 2.28. The van der Waals surface area contributed by atoms with Crippen molar-refractivity contribution in [3.05, 3.63) is 87.5 Å². The van der Waals surface area contributed by atoms with Crippen molar-refractivity contribution in [2.75, 3.05) is 11.1 Å². The number of nitrogens with zero attached hydrogens (tertiary/aromatic N) is 1. The van der Waals surface area contributed by atoms with E-state index in [0.717, 1.165) is 11.1 Å². The Kier molecular flexibility index (Phi) is 6.31. The molecule has 0 atom stereocenters. The maximum absolute atomic E-state index is 13.7. The van der Waals surface area contributed by atoms with Gasteiger partial charge in [0.05, 0.1) is 29.8 Å². The first-order valence-corrected chi connectivity index (χ1v) is 12.5. The van der Waals surface area contributed by atoms with E-state index in [1.165, 1.54) is 11.3 Å². The van der Waals surface area contributed by atoms with Gasteiger partial charge in [-0.3, -0.25) is 9.59 Å². The Morgan fingerprint density at radius 1 is 1.05 bits per heavy atom. The van der Waals surface area contributed by atoms with Gasteiger partial charge in [-0.1, -0.05) is 17.7 Å². The number of aryl methyl sites for hydroxylation is 4. The number of hydrogen-bond acceptors (Lipinski definition) is 7. The highest BCUT2D eigenvalue weighted by atomic mass is 32.1. The van der Waals surface area contributed by atoms with Crippen molar-refractivity contribution in [3.8, 4) is 11.3 Å². The second kappa shape index (κ2) is 9.59. The molecule has 0 spiro atoms. The summed E-state index contributed by atoms with van der Waals surface area (Å²) < 4.78 is 11.3. The van der Waals surface area contributed by atoms with Crippen LogP contribution in [0.2, 0.25) is 0 Å². The second-order valence-corrected chi connectivity index (χ2v) is 9.92. The Bertz CT molecular complexity index is 1650. The first-order valence-electron chi connectivity index (χ1n) is 11.7. The smallest absolute Gasteiger partial charge is 0.263 e.